The quantitative estimate of drug-likeness (QED) is 0.369. The van der Waals surface area contributed by atoms with E-state index in [1.807, 2.05) is 27.7 Å². The van der Waals surface area contributed by atoms with Gasteiger partial charge in [-0.15, -0.1) is 10.3 Å². The Balaban J connectivity index is 2.10. The van der Waals surface area contributed by atoms with Gasteiger partial charge < -0.3 is 5.32 Å². The highest BCUT2D eigenvalue weighted by molar-refractivity contribution is 7.85. The molecule has 7 nitrogen and oxygen atoms in total. The summed E-state index contributed by atoms with van der Waals surface area (Å²) in [5, 5.41) is 16.7. The van der Waals surface area contributed by atoms with Gasteiger partial charge in [-0.1, -0.05) is 38.5 Å². The topological polar surface area (TPSA) is 107 Å². The first-order valence-corrected chi connectivity index (χ1v) is 12.2. The summed E-state index contributed by atoms with van der Waals surface area (Å²) in [5.41, 5.74) is -0.942. The van der Waals surface area contributed by atoms with E-state index in [2.05, 4.69) is 5.32 Å². The molecule has 8 heteroatoms. The molecule has 0 bridgehead atoms. The summed E-state index contributed by atoms with van der Waals surface area (Å²) in [6.45, 7) is 7.73. The monoisotopic (exact) mass is 419 g/mol. The van der Waals surface area contributed by atoms with Crippen LogP contribution in [0.15, 0.2) is 0 Å². The molecule has 1 saturated heterocycles. The zero-order valence-electron chi connectivity index (χ0n) is 18.0. The van der Waals surface area contributed by atoms with Gasteiger partial charge in [0.2, 0.25) is 5.91 Å². The Morgan fingerprint density at radius 2 is 1.36 bits per heavy atom. The highest BCUT2D eigenvalue weighted by Gasteiger charge is 2.46. The molecule has 2 N–H and O–H groups in total. The minimum atomic E-state index is -3.82. The summed E-state index contributed by atoms with van der Waals surface area (Å²) in [6.07, 6.45) is 9.23. The van der Waals surface area contributed by atoms with Crippen molar-refractivity contribution in [3.05, 3.63) is 0 Å². The second-order valence-corrected chi connectivity index (χ2v) is 11.0. The number of nitrogens with zero attached hydrogens (tertiary/aromatic N) is 1. The molecule has 1 radical (unpaired) electrons. The maximum atomic E-state index is 12.4. The molecule has 0 aliphatic carbocycles. The lowest BCUT2D eigenvalue weighted by Gasteiger charge is -2.50. The molecular weight excluding hydrogens is 380 g/mol. The number of piperidine rings is 1. The molecule has 1 rings (SSSR count). The van der Waals surface area contributed by atoms with Crippen LogP contribution in [0.4, 0.5) is 0 Å². The summed E-state index contributed by atoms with van der Waals surface area (Å²) in [6, 6.07) is 0.0467. The predicted molar refractivity (Wildman–Crippen MR) is 110 cm³/mol. The predicted octanol–water partition coefficient (Wildman–Crippen LogP) is 3.87. The summed E-state index contributed by atoms with van der Waals surface area (Å²) in [4.78, 5) is 12.2. The number of carbonyl (C=O) groups is 1. The van der Waals surface area contributed by atoms with E-state index in [0.717, 1.165) is 44.9 Å². The largest absolute Gasteiger partial charge is 0.353 e. The SMILES string of the molecule is CC1(C)CC(NC(=O)CCCCCCCCCCS(=O)(=O)O)CC(C)(C)N1[O]. The van der Waals surface area contributed by atoms with Crippen molar-refractivity contribution >= 4 is 16.0 Å². The highest BCUT2D eigenvalue weighted by Crippen LogP contribution is 2.37. The molecule has 0 spiro atoms. The van der Waals surface area contributed by atoms with Gasteiger partial charge in [0.05, 0.1) is 5.75 Å². The van der Waals surface area contributed by atoms with Crippen molar-refractivity contribution in [2.45, 2.75) is 115 Å². The highest BCUT2D eigenvalue weighted by atomic mass is 32.2. The first kappa shape index (κ1) is 25.3. The van der Waals surface area contributed by atoms with Crippen LogP contribution in [0, 0.1) is 0 Å². The molecule has 1 aliphatic heterocycles. The summed E-state index contributed by atoms with van der Waals surface area (Å²) in [5.74, 6) is -0.0780. The van der Waals surface area contributed by atoms with Crippen molar-refractivity contribution in [2.24, 2.45) is 0 Å². The number of hydrogen-bond donors (Lipinski definition) is 2. The van der Waals surface area contributed by atoms with Gasteiger partial charge in [0.15, 0.2) is 0 Å². The number of unbranched alkanes of at least 4 members (excludes halogenated alkanes) is 7. The van der Waals surface area contributed by atoms with E-state index < -0.39 is 21.2 Å². The van der Waals surface area contributed by atoms with E-state index in [1.165, 1.54) is 5.06 Å². The van der Waals surface area contributed by atoms with Gasteiger partial charge in [-0.25, -0.2) is 0 Å². The lowest BCUT2D eigenvalue weighted by Crippen LogP contribution is -2.62. The first-order chi connectivity index (χ1) is 12.8. The summed E-state index contributed by atoms with van der Waals surface area (Å²) in [7, 11) is -3.82. The van der Waals surface area contributed by atoms with Gasteiger partial charge in [0.25, 0.3) is 10.1 Å². The van der Waals surface area contributed by atoms with Gasteiger partial charge in [-0.2, -0.15) is 8.42 Å². The average molecular weight is 420 g/mol. The molecule has 0 saturated carbocycles. The van der Waals surface area contributed by atoms with Crippen molar-refractivity contribution in [1.29, 1.82) is 0 Å². The molecule has 28 heavy (non-hydrogen) atoms. The van der Waals surface area contributed by atoms with Crippen molar-refractivity contribution in [3.8, 4) is 0 Å². The van der Waals surface area contributed by atoms with Crippen LogP contribution in [0.1, 0.15) is 98.3 Å². The molecular formula is C20H39N2O5S. The zero-order valence-corrected chi connectivity index (χ0v) is 18.8. The fourth-order valence-electron chi connectivity index (χ4n) is 4.30. The molecule has 0 aromatic carbocycles. The summed E-state index contributed by atoms with van der Waals surface area (Å²) >= 11 is 0. The second kappa shape index (κ2) is 10.9. The normalized spacial score (nSPS) is 20.2. The van der Waals surface area contributed by atoms with Crippen LogP contribution < -0.4 is 5.32 Å². The lowest BCUT2D eigenvalue weighted by molar-refractivity contribution is -0.290. The van der Waals surface area contributed by atoms with E-state index in [1.54, 1.807) is 0 Å². The molecule has 0 atom stereocenters. The van der Waals surface area contributed by atoms with Gasteiger partial charge in [0.1, 0.15) is 0 Å². The Morgan fingerprint density at radius 1 is 0.929 bits per heavy atom. The molecule has 1 heterocycles. The minimum absolute atomic E-state index is 0.0467. The molecule has 165 valence electrons. The third-order valence-electron chi connectivity index (χ3n) is 5.51. The Labute approximate surface area is 171 Å². The first-order valence-electron chi connectivity index (χ1n) is 10.6. The van der Waals surface area contributed by atoms with E-state index in [-0.39, 0.29) is 17.7 Å². The van der Waals surface area contributed by atoms with Crippen LogP contribution in [-0.4, -0.2) is 46.8 Å². The Hall–Kier alpha value is -0.700. The molecule has 1 aliphatic rings. The van der Waals surface area contributed by atoms with Crippen LogP contribution in [0.25, 0.3) is 0 Å². The second-order valence-electron chi connectivity index (χ2n) is 9.46. The van der Waals surface area contributed by atoms with Gasteiger partial charge in [-0.05, 0) is 53.4 Å². The van der Waals surface area contributed by atoms with Gasteiger partial charge >= 0.3 is 0 Å². The third-order valence-corrected chi connectivity index (χ3v) is 6.32. The van der Waals surface area contributed by atoms with E-state index >= 15 is 0 Å². The number of hydroxylamine groups is 2. The lowest BCUT2D eigenvalue weighted by atomic mass is 9.79. The van der Waals surface area contributed by atoms with Crippen molar-refractivity contribution in [2.75, 3.05) is 5.75 Å². The van der Waals surface area contributed by atoms with Crippen LogP contribution in [0.3, 0.4) is 0 Å². The Bertz CT molecular complexity index is 571. The fraction of sp³-hybridized carbons (Fsp3) is 0.950. The number of hydrogen-bond acceptors (Lipinski definition) is 4. The number of carbonyl (C=O) groups excluding carboxylic acids is 1. The zero-order chi connectivity index (χ0) is 21.4. The van der Waals surface area contributed by atoms with E-state index in [4.69, 9.17) is 4.55 Å². The molecule has 1 fully saturated rings. The van der Waals surface area contributed by atoms with Crippen molar-refractivity contribution < 1.29 is 23.0 Å². The van der Waals surface area contributed by atoms with Gasteiger partial charge in [0, 0.05) is 23.5 Å². The van der Waals surface area contributed by atoms with Gasteiger partial charge in [-0.3, -0.25) is 9.35 Å². The maximum Gasteiger partial charge on any atom is 0.264 e. The Morgan fingerprint density at radius 3 is 1.82 bits per heavy atom. The maximum absolute atomic E-state index is 12.4. The smallest absolute Gasteiger partial charge is 0.264 e. The van der Waals surface area contributed by atoms with Crippen LogP contribution in [-0.2, 0) is 20.1 Å². The third kappa shape index (κ3) is 9.67. The summed E-state index contributed by atoms with van der Waals surface area (Å²) < 4.78 is 29.9. The van der Waals surface area contributed by atoms with Crippen molar-refractivity contribution in [3.63, 3.8) is 0 Å². The molecule has 0 unspecified atom stereocenters. The Kier molecular flexibility index (Phi) is 9.86. The van der Waals surface area contributed by atoms with E-state index in [0.29, 0.717) is 25.7 Å². The molecule has 0 aromatic rings. The standard InChI is InChI=1S/C20H39N2O5S/c1-19(2)15-17(16-20(3,4)22(19)24)21-18(23)13-11-9-7-5-6-8-10-12-14-28(25,26)27/h17H,5-16H2,1-4H3,(H,21,23)(H,25,26,27). The van der Waals surface area contributed by atoms with Crippen LogP contribution >= 0.6 is 0 Å². The van der Waals surface area contributed by atoms with E-state index in [9.17, 15) is 18.4 Å². The minimum Gasteiger partial charge on any atom is -0.353 e. The average Bonchev–Trinajstić information content (AvgIpc) is 2.52. The number of rotatable bonds is 12. The van der Waals surface area contributed by atoms with Crippen LogP contribution in [0.2, 0.25) is 0 Å². The number of amides is 1. The fourth-order valence-corrected chi connectivity index (χ4v) is 4.86. The molecule has 0 aromatic heterocycles. The van der Waals surface area contributed by atoms with Crippen LogP contribution in [0.5, 0.6) is 0 Å². The van der Waals surface area contributed by atoms with Crippen molar-refractivity contribution in [1.82, 2.24) is 10.4 Å². The number of nitrogens with one attached hydrogen (secondary N) is 1. The molecule has 1 amide bonds.